The van der Waals surface area contributed by atoms with E-state index >= 15 is 0 Å². The van der Waals surface area contributed by atoms with Gasteiger partial charge in [-0.3, -0.25) is 20.4 Å². The van der Waals surface area contributed by atoms with Crippen LogP contribution in [0.1, 0.15) is 38.8 Å². The van der Waals surface area contributed by atoms with Crippen LogP contribution in [0.4, 0.5) is 0 Å². The molecule has 0 heterocycles. The Bertz CT molecular complexity index is 1070. The highest BCUT2D eigenvalue weighted by molar-refractivity contribution is 5.99. The zero-order valence-corrected chi connectivity index (χ0v) is 16.9. The van der Waals surface area contributed by atoms with Gasteiger partial charge in [0.1, 0.15) is 18.1 Å². The lowest BCUT2D eigenvalue weighted by Gasteiger charge is -2.09. The van der Waals surface area contributed by atoms with Crippen LogP contribution in [-0.2, 0) is 6.61 Å². The van der Waals surface area contributed by atoms with Gasteiger partial charge in [-0.05, 0) is 73.2 Å². The predicted octanol–water partition coefficient (Wildman–Crippen LogP) is 3.61. The fourth-order valence-electron chi connectivity index (χ4n) is 2.67. The van der Waals surface area contributed by atoms with Crippen molar-refractivity contribution in [2.24, 2.45) is 0 Å². The maximum Gasteiger partial charge on any atom is 0.269 e. The third-order valence-electron chi connectivity index (χ3n) is 4.32. The molecular formula is C24H21N3O4. The lowest BCUT2D eigenvalue weighted by Crippen LogP contribution is -2.41. The summed E-state index contributed by atoms with van der Waals surface area (Å²) in [5.74, 6) is 0.589. The van der Waals surface area contributed by atoms with Crippen molar-refractivity contribution in [1.29, 1.82) is 5.26 Å². The summed E-state index contributed by atoms with van der Waals surface area (Å²) < 4.78 is 11.1. The van der Waals surface area contributed by atoms with Crippen molar-refractivity contribution in [1.82, 2.24) is 10.9 Å². The van der Waals surface area contributed by atoms with Crippen molar-refractivity contribution >= 4 is 11.8 Å². The molecule has 0 saturated heterocycles. The minimum absolute atomic E-state index is 0.334. The van der Waals surface area contributed by atoms with Crippen molar-refractivity contribution < 1.29 is 19.1 Å². The Kier molecular flexibility index (Phi) is 7.22. The topological polar surface area (TPSA) is 100 Å². The molecule has 0 unspecified atom stereocenters. The third kappa shape index (κ3) is 6.08. The molecule has 156 valence electrons. The number of nitriles is 1. The van der Waals surface area contributed by atoms with Gasteiger partial charge in [0.15, 0.2) is 0 Å². The number of hydrogen-bond donors (Lipinski definition) is 2. The van der Waals surface area contributed by atoms with E-state index in [0.29, 0.717) is 29.9 Å². The molecule has 0 spiro atoms. The van der Waals surface area contributed by atoms with E-state index < -0.39 is 11.8 Å². The lowest BCUT2D eigenvalue weighted by atomic mass is 10.1. The van der Waals surface area contributed by atoms with Crippen LogP contribution >= 0.6 is 0 Å². The summed E-state index contributed by atoms with van der Waals surface area (Å²) in [4.78, 5) is 24.3. The van der Waals surface area contributed by atoms with Gasteiger partial charge in [-0.15, -0.1) is 0 Å². The Balaban J connectivity index is 1.49. The summed E-state index contributed by atoms with van der Waals surface area (Å²) in [5, 5.41) is 8.79. The Morgan fingerprint density at radius 3 is 1.74 bits per heavy atom. The molecular weight excluding hydrogens is 394 g/mol. The smallest absolute Gasteiger partial charge is 0.269 e. The fraction of sp³-hybridized carbons (Fsp3) is 0.125. The Morgan fingerprint density at radius 1 is 0.774 bits per heavy atom. The summed E-state index contributed by atoms with van der Waals surface area (Å²) in [7, 11) is 0. The van der Waals surface area contributed by atoms with Crippen molar-refractivity contribution in [3.8, 4) is 17.6 Å². The number of nitrogens with zero attached hydrogens (tertiary/aromatic N) is 1. The first kappa shape index (κ1) is 21.4. The number of carbonyl (C=O) groups excluding carboxylic acids is 2. The second-order valence-electron chi connectivity index (χ2n) is 6.49. The van der Waals surface area contributed by atoms with Gasteiger partial charge in [0.05, 0.1) is 18.2 Å². The van der Waals surface area contributed by atoms with Gasteiger partial charge in [-0.25, -0.2) is 0 Å². The van der Waals surface area contributed by atoms with Crippen LogP contribution in [0.3, 0.4) is 0 Å². The minimum atomic E-state index is -0.474. The van der Waals surface area contributed by atoms with Crippen molar-refractivity contribution in [2.75, 3.05) is 6.61 Å². The molecule has 3 aromatic carbocycles. The summed E-state index contributed by atoms with van der Waals surface area (Å²) in [6, 6.07) is 22.3. The van der Waals surface area contributed by atoms with Crippen molar-refractivity contribution in [3.63, 3.8) is 0 Å². The minimum Gasteiger partial charge on any atom is -0.494 e. The third-order valence-corrected chi connectivity index (χ3v) is 4.32. The van der Waals surface area contributed by atoms with Gasteiger partial charge in [0.2, 0.25) is 0 Å². The SMILES string of the molecule is CCOc1ccc(OCc2ccc(C(=O)NNC(=O)c3ccc(C#N)cc3)cc2)cc1. The second kappa shape index (κ2) is 10.5. The van der Waals surface area contributed by atoms with E-state index in [0.717, 1.165) is 17.1 Å². The van der Waals surface area contributed by atoms with E-state index in [9.17, 15) is 9.59 Å². The van der Waals surface area contributed by atoms with Crippen LogP contribution in [0, 0.1) is 11.3 Å². The molecule has 0 aliphatic rings. The predicted molar refractivity (Wildman–Crippen MR) is 114 cm³/mol. The number of rotatable bonds is 7. The van der Waals surface area contributed by atoms with Crippen LogP contribution in [0.2, 0.25) is 0 Å². The molecule has 31 heavy (non-hydrogen) atoms. The normalized spacial score (nSPS) is 9.94. The van der Waals surface area contributed by atoms with E-state index in [1.807, 2.05) is 37.3 Å². The molecule has 0 aromatic heterocycles. The first-order valence-electron chi connectivity index (χ1n) is 9.64. The number of hydrogen-bond acceptors (Lipinski definition) is 5. The van der Waals surface area contributed by atoms with E-state index in [-0.39, 0.29) is 0 Å². The van der Waals surface area contributed by atoms with Gasteiger partial charge in [0.25, 0.3) is 11.8 Å². The monoisotopic (exact) mass is 415 g/mol. The molecule has 0 aliphatic carbocycles. The van der Waals surface area contributed by atoms with Gasteiger partial charge < -0.3 is 9.47 Å². The molecule has 2 amide bonds. The molecule has 0 saturated carbocycles. The number of nitrogens with one attached hydrogen (secondary N) is 2. The van der Waals surface area contributed by atoms with Gasteiger partial charge in [-0.2, -0.15) is 5.26 Å². The quantitative estimate of drug-likeness (QED) is 0.574. The first-order chi connectivity index (χ1) is 15.1. The maximum atomic E-state index is 12.2. The summed E-state index contributed by atoms with van der Waals surface area (Å²) in [5.41, 5.74) is 6.80. The average Bonchev–Trinajstić information content (AvgIpc) is 2.82. The van der Waals surface area contributed by atoms with E-state index in [4.69, 9.17) is 14.7 Å². The fourth-order valence-corrected chi connectivity index (χ4v) is 2.67. The van der Waals surface area contributed by atoms with E-state index in [1.54, 1.807) is 24.3 Å². The summed E-state index contributed by atoms with van der Waals surface area (Å²) in [6.07, 6.45) is 0. The largest absolute Gasteiger partial charge is 0.494 e. The number of ether oxygens (including phenoxy) is 2. The number of amides is 2. The molecule has 0 aliphatic heterocycles. The molecule has 0 fully saturated rings. The zero-order chi connectivity index (χ0) is 22.1. The van der Waals surface area contributed by atoms with Crippen molar-refractivity contribution in [2.45, 2.75) is 13.5 Å². The Labute approximate surface area is 180 Å². The highest BCUT2D eigenvalue weighted by Gasteiger charge is 2.09. The van der Waals surface area contributed by atoms with Crippen LogP contribution in [0.25, 0.3) is 0 Å². The average molecular weight is 415 g/mol. The number of hydrazine groups is 1. The Morgan fingerprint density at radius 2 is 1.26 bits per heavy atom. The highest BCUT2D eigenvalue weighted by atomic mass is 16.5. The molecule has 7 nitrogen and oxygen atoms in total. The lowest BCUT2D eigenvalue weighted by molar-refractivity contribution is 0.0846. The molecule has 0 radical (unpaired) electrons. The van der Waals surface area contributed by atoms with Crippen LogP contribution in [-0.4, -0.2) is 18.4 Å². The molecule has 2 N–H and O–H groups in total. The number of benzene rings is 3. The van der Waals surface area contributed by atoms with E-state index in [2.05, 4.69) is 10.9 Å². The first-order valence-corrected chi connectivity index (χ1v) is 9.64. The molecule has 0 atom stereocenters. The second-order valence-corrected chi connectivity index (χ2v) is 6.49. The zero-order valence-electron chi connectivity index (χ0n) is 16.9. The molecule has 0 bridgehead atoms. The summed E-state index contributed by atoms with van der Waals surface area (Å²) >= 11 is 0. The van der Waals surface area contributed by atoms with Gasteiger partial charge >= 0.3 is 0 Å². The van der Waals surface area contributed by atoms with Crippen LogP contribution in [0.5, 0.6) is 11.5 Å². The van der Waals surface area contributed by atoms with Crippen LogP contribution < -0.4 is 20.3 Å². The standard InChI is InChI=1S/C24H21N3O4/c1-2-30-21-11-13-22(14-12-21)31-16-18-5-9-20(10-6-18)24(29)27-26-23(28)19-7-3-17(15-25)4-8-19/h3-14H,2,16H2,1H3,(H,26,28)(H,27,29). The molecule has 3 aromatic rings. The van der Waals surface area contributed by atoms with Crippen molar-refractivity contribution in [3.05, 3.63) is 95.1 Å². The van der Waals surface area contributed by atoms with E-state index in [1.165, 1.54) is 24.3 Å². The maximum absolute atomic E-state index is 12.2. The van der Waals surface area contributed by atoms with Gasteiger partial charge in [0, 0.05) is 11.1 Å². The van der Waals surface area contributed by atoms with Gasteiger partial charge in [-0.1, -0.05) is 12.1 Å². The number of carbonyl (C=O) groups is 2. The molecule has 7 heteroatoms. The highest BCUT2D eigenvalue weighted by Crippen LogP contribution is 2.18. The van der Waals surface area contributed by atoms with Crippen LogP contribution in [0.15, 0.2) is 72.8 Å². The summed E-state index contributed by atoms with van der Waals surface area (Å²) in [6.45, 7) is 2.89. The molecule has 3 rings (SSSR count). The Hall–Kier alpha value is -4.31.